The van der Waals surface area contributed by atoms with Gasteiger partial charge in [-0.25, -0.2) is 0 Å². The molecule has 112 valence electrons. The lowest BCUT2D eigenvalue weighted by Gasteiger charge is -2.16. The summed E-state index contributed by atoms with van der Waals surface area (Å²) in [6.45, 7) is 4.32. The second-order valence-electron chi connectivity index (χ2n) is 4.37. The van der Waals surface area contributed by atoms with Crippen LogP contribution in [-0.2, 0) is 19.8 Å². The quantitative estimate of drug-likeness (QED) is 0.726. The molecule has 0 aromatic carbocycles. The summed E-state index contributed by atoms with van der Waals surface area (Å²) in [6, 6.07) is 9.41. The maximum Gasteiger partial charge on any atom is 0.335 e. The summed E-state index contributed by atoms with van der Waals surface area (Å²) in [4.78, 5) is 8.60. The monoisotopic (exact) mass is 306 g/mol. The Bertz CT molecular complexity index is 592. The molecule has 2 rings (SSSR count). The van der Waals surface area contributed by atoms with Crippen molar-refractivity contribution in [1.29, 1.82) is 0 Å². The van der Waals surface area contributed by atoms with E-state index < -0.39 is 7.60 Å². The predicted molar refractivity (Wildman–Crippen MR) is 82.0 cm³/mol. The van der Waals surface area contributed by atoms with Crippen LogP contribution in [0.5, 0.6) is 0 Å². The Balaban J connectivity index is 2.13. The van der Waals surface area contributed by atoms with E-state index in [2.05, 4.69) is 9.97 Å². The maximum atomic E-state index is 12.5. The van der Waals surface area contributed by atoms with E-state index in [9.17, 15) is 4.57 Å². The highest BCUT2D eigenvalue weighted by Crippen LogP contribution is 2.51. The van der Waals surface area contributed by atoms with Crippen LogP contribution in [0, 0.1) is 0 Å². The van der Waals surface area contributed by atoms with Gasteiger partial charge in [0, 0.05) is 12.4 Å². The molecule has 6 heteroatoms. The lowest BCUT2D eigenvalue weighted by atomic mass is 10.2. The fourth-order valence-electron chi connectivity index (χ4n) is 1.93. The van der Waals surface area contributed by atoms with Crippen LogP contribution >= 0.6 is 7.60 Å². The first-order valence-electron chi connectivity index (χ1n) is 6.91. The molecule has 0 spiro atoms. The smallest absolute Gasteiger partial charge is 0.309 e. The summed E-state index contributed by atoms with van der Waals surface area (Å²) < 4.78 is 23.0. The molecule has 0 amide bonds. The lowest BCUT2D eigenvalue weighted by Crippen LogP contribution is -1.99. The van der Waals surface area contributed by atoms with E-state index in [4.69, 9.17) is 9.05 Å². The average Bonchev–Trinajstić information content (AvgIpc) is 2.49. The number of rotatable bonds is 7. The third-order valence-corrected chi connectivity index (χ3v) is 4.84. The summed E-state index contributed by atoms with van der Waals surface area (Å²) >= 11 is 0. The van der Waals surface area contributed by atoms with Gasteiger partial charge < -0.3 is 9.05 Å². The van der Waals surface area contributed by atoms with Crippen LogP contribution in [0.4, 0.5) is 0 Å². The number of hydrogen-bond donors (Lipinski definition) is 0. The maximum absolute atomic E-state index is 12.5. The Morgan fingerprint density at radius 1 is 1.00 bits per heavy atom. The molecular formula is C15H19N2O3P. The van der Waals surface area contributed by atoms with Gasteiger partial charge in [-0.3, -0.25) is 14.5 Å². The zero-order valence-corrected chi connectivity index (χ0v) is 13.1. The Morgan fingerprint density at radius 2 is 1.71 bits per heavy atom. The Labute approximate surface area is 124 Å². The van der Waals surface area contributed by atoms with Crippen molar-refractivity contribution in [3.05, 3.63) is 48.3 Å². The molecule has 2 aromatic heterocycles. The van der Waals surface area contributed by atoms with Gasteiger partial charge in [0.15, 0.2) is 0 Å². The van der Waals surface area contributed by atoms with E-state index >= 15 is 0 Å². The van der Waals surface area contributed by atoms with Crippen LogP contribution in [0.1, 0.15) is 19.4 Å². The number of nitrogens with zero attached hydrogens (tertiary/aromatic N) is 2. The van der Waals surface area contributed by atoms with Crippen molar-refractivity contribution in [3.8, 4) is 11.4 Å². The zero-order valence-electron chi connectivity index (χ0n) is 12.2. The van der Waals surface area contributed by atoms with Crippen molar-refractivity contribution < 1.29 is 13.6 Å². The van der Waals surface area contributed by atoms with E-state index in [-0.39, 0.29) is 6.16 Å². The number of pyridine rings is 2. The summed E-state index contributed by atoms with van der Waals surface area (Å²) in [5.74, 6) is 0. The van der Waals surface area contributed by atoms with E-state index in [0.29, 0.717) is 13.2 Å². The molecule has 0 aliphatic rings. The highest BCUT2D eigenvalue weighted by Gasteiger charge is 2.24. The molecule has 2 aromatic rings. The SMILES string of the molecule is CCOP(=O)(Cc1ccc(-c2ccccn2)nc1)OCC. The molecule has 21 heavy (non-hydrogen) atoms. The number of hydrogen-bond acceptors (Lipinski definition) is 5. The molecule has 0 unspecified atom stereocenters. The average molecular weight is 306 g/mol. The van der Waals surface area contributed by atoms with Crippen LogP contribution in [0.2, 0.25) is 0 Å². The van der Waals surface area contributed by atoms with Crippen molar-refractivity contribution in [2.24, 2.45) is 0 Å². The fourth-order valence-corrected chi connectivity index (χ4v) is 3.61. The van der Waals surface area contributed by atoms with E-state index in [1.54, 1.807) is 26.2 Å². The van der Waals surface area contributed by atoms with Crippen molar-refractivity contribution in [2.45, 2.75) is 20.0 Å². The molecule has 0 N–H and O–H groups in total. The van der Waals surface area contributed by atoms with Gasteiger partial charge in [0.05, 0.1) is 30.8 Å². The summed E-state index contributed by atoms with van der Waals surface area (Å²) in [5, 5.41) is 0. The Kier molecular flexibility index (Phi) is 5.62. The van der Waals surface area contributed by atoms with E-state index in [1.165, 1.54) is 0 Å². The molecule has 0 bridgehead atoms. The van der Waals surface area contributed by atoms with Gasteiger partial charge in [-0.15, -0.1) is 0 Å². The second kappa shape index (κ2) is 7.46. The summed E-state index contributed by atoms with van der Waals surface area (Å²) in [5.41, 5.74) is 2.41. The van der Waals surface area contributed by atoms with Crippen molar-refractivity contribution in [2.75, 3.05) is 13.2 Å². The molecular weight excluding hydrogens is 287 g/mol. The van der Waals surface area contributed by atoms with Gasteiger partial charge in [0.2, 0.25) is 0 Å². The zero-order chi connectivity index (χ0) is 15.1. The van der Waals surface area contributed by atoms with E-state index in [0.717, 1.165) is 17.0 Å². The predicted octanol–water partition coefficient (Wildman–Crippen LogP) is 3.91. The van der Waals surface area contributed by atoms with Crippen LogP contribution in [-0.4, -0.2) is 23.2 Å². The van der Waals surface area contributed by atoms with Gasteiger partial charge in [-0.1, -0.05) is 12.1 Å². The first-order valence-corrected chi connectivity index (χ1v) is 8.64. The lowest BCUT2D eigenvalue weighted by molar-refractivity contribution is 0.219. The molecule has 0 atom stereocenters. The number of aromatic nitrogens is 2. The minimum atomic E-state index is -3.08. The molecule has 0 saturated carbocycles. The van der Waals surface area contributed by atoms with Gasteiger partial charge in [0.25, 0.3) is 0 Å². The van der Waals surface area contributed by atoms with Crippen LogP contribution < -0.4 is 0 Å². The largest absolute Gasteiger partial charge is 0.335 e. The van der Waals surface area contributed by atoms with Gasteiger partial charge >= 0.3 is 7.60 Å². The van der Waals surface area contributed by atoms with Crippen LogP contribution in [0.3, 0.4) is 0 Å². The molecule has 0 fully saturated rings. The minimum Gasteiger partial charge on any atom is -0.309 e. The summed E-state index contributed by atoms with van der Waals surface area (Å²) in [6.07, 6.45) is 3.64. The molecule has 5 nitrogen and oxygen atoms in total. The highest BCUT2D eigenvalue weighted by molar-refractivity contribution is 7.53. The van der Waals surface area contributed by atoms with Crippen molar-refractivity contribution >= 4 is 7.60 Å². The van der Waals surface area contributed by atoms with E-state index in [1.807, 2.05) is 30.3 Å². The van der Waals surface area contributed by atoms with Gasteiger partial charge in [-0.2, -0.15) is 0 Å². The standard InChI is InChI=1S/C15H19N2O3P/c1-3-19-21(18,20-4-2)12-13-8-9-15(17-11-13)14-7-5-6-10-16-14/h5-11H,3-4,12H2,1-2H3. The van der Waals surface area contributed by atoms with Crippen molar-refractivity contribution in [1.82, 2.24) is 9.97 Å². The molecule has 2 heterocycles. The highest BCUT2D eigenvalue weighted by atomic mass is 31.2. The summed E-state index contributed by atoms with van der Waals surface area (Å²) in [7, 11) is -3.08. The van der Waals surface area contributed by atoms with Crippen LogP contribution in [0.25, 0.3) is 11.4 Å². The fraction of sp³-hybridized carbons (Fsp3) is 0.333. The first kappa shape index (κ1) is 15.8. The molecule has 0 aliphatic heterocycles. The second-order valence-corrected chi connectivity index (χ2v) is 6.43. The Morgan fingerprint density at radius 3 is 2.24 bits per heavy atom. The van der Waals surface area contributed by atoms with Gasteiger partial charge in [0.1, 0.15) is 0 Å². The molecule has 0 aliphatic carbocycles. The minimum absolute atomic E-state index is 0.226. The third kappa shape index (κ3) is 4.46. The van der Waals surface area contributed by atoms with Crippen molar-refractivity contribution in [3.63, 3.8) is 0 Å². The Hall–Kier alpha value is -1.55. The van der Waals surface area contributed by atoms with Crippen LogP contribution in [0.15, 0.2) is 42.7 Å². The topological polar surface area (TPSA) is 61.3 Å². The normalized spacial score (nSPS) is 11.5. The first-order chi connectivity index (χ1) is 10.2. The van der Waals surface area contributed by atoms with Gasteiger partial charge in [-0.05, 0) is 37.6 Å². The molecule has 0 radical (unpaired) electrons. The third-order valence-electron chi connectivity index (χ3n) is 2.78. The molecule has 0 saturated heterocycles.